The van der Waals surface area contributed by atoms with Crippen LogP contribution >= 0.6 is 0 Å². The fraction of sp³-hybridized carbons (Fsp3) is 0.857. The minimum absolute atomic E-state index is 0.178. The molecule has 78 valence electrons. The Morgan fingerprint density at radius 1 is 1.31 bits per heavy atom. The number of hydrogen-bond acceptors (Lipinski definition) is 5. The van der Waals surface area contributed by atoms with Crippen LogP contribution in [0.1, 0.15) is 19.8 Å². The van der Waals surface area contributed by atoms with Gasteiger partial charge in [-0.25, -0.2) is 8.42 Å². The number of thiol groups is 1. The highest BCUT2D eigenvalue weighted by Crippen LogP contribution is 1.94. The largest absolute Gasteiger partial charge is 0.371 e. The molecule has 5 nitrogen and oxygen atoms in total. The second kappa shape index (κ2) is 8.15. The lowest BCUT2D eigenvalue weighted by Crippen LogP contribution is -2.10. The molecule has 0 radical (unpaired) electrons. The van der Waals surface area contributed by atoms with Crippen molar-refractivity contribution in [2.75, 3.05) is 13.2 Å². The summed E-state index contributed by atoms with van der Waals surface area (Å²) < 4.78 is 29.2. The zero-order valence-corrected chi connectivity index (χ0v) is 8.37. The second-order valence-electron chi connectivity index (χ2n) is 2.48. The van der Waals surface area contributed by atoms with Gasteiger partial charge in [-0.3, -0.25) is 4.18 Å². The van der Waals surface area contributed by atoms with Crippen molar-refractivity contribution < 1.29 is 22.1 Å². The number of unbranched alkanes of at least 4 members (excludes halogenated alkanes) is 1. The maximum absolute atomic E-state index is 10.1. The van der Waals surface area contributed by atoms with E-state index in [1.54, 1.807) is 6.92 Å². The summed E-state index contributed by atoms with van der Waals surface area (Å²) >= 11 is 0. The summed E-state index contributed by atoms with van der Waals surface area (Å²) in [6.45, 7) is 2.27. The Morgan fingerprint density at radius 3 is 2.46 bits per heavy atom. The van der Waals surface area contributed by atoms with Gasteiger partial charge in [0.25, 0.3) is 11.0 Å². The average molecular weight is 210 g/mol. The SMILES string of the molecule is CC(C=O)OCCCCO[SH](=O)=O. The summed E-state index contributed by atoms with van der Waals surface area (Å²) in [7, 11) is -2.73. The van der Waals surface area contributed by atoms with Gasteiger partial charge in [0.1, 0.15) is 12.4 Å². The third kappa shape index (κ3) is 9.45. The van der Waals surface area contributed by atoms with Crippen molar-refractivity contribution in [3.05, 3.63) is 0 Å². The van der Waals surface area contributed by atoms with Gasteiger partial charge in [-0.05, 0) is 19.8 Å². The van der Waals surface area contributed by atoms with E-state index >= 15 is 0 Å². The van der Waals surface area contributed by atoms with E-state index in [-0.39, 0.29) is 6.61 Å². The highest BCUT2D eigenvalue weighted by Gasteiger charge is 1.97. The van der Waals surface area contributed by atoms with Crippen molar-refractivity contribution in [1.82, 2.24) is 0 Å². The summed E-state index contributed by atoms with van der Waals surface area (Å²) in [5.41, 5.74) is 0. The molecule has 13 heavy (non-hydrogen) atoms. The number of rotatable bonds is 8. The smallest absolute Gasteiger partial charge is 0.257 e. The normalized spacial score (nSPS) is 13.1. The third-order valence-corrected chi connectivity index (χ3v) is 1.70. The Balaban J connectivity index is 3.12. The summed E-state index contributed by atoms with van der Waals surface area (Å²) in [6, 6.07) is 0. The first-order valence-electron chi connectivity index (χ1n) is 4.01. The number of ether oxygens (including phenoxy) is 1. The molecule has 0 heterocycles. The van der Waals surface area contributed by atoms with E-state index in [2.05, 4.69) is 4.18 Å². The lowest BCUT2D eigenvalue weighted by molar-refractivity contribution is -0.117. The van der Waals surface area contributed by atoms with Crippen LogP contribution < -0.4 is 0 Å². The Bertz CT molecular complexity index is 193. The molecule has 0 saturated heterocycles. The molecule has 0 fully saturated rings. The first-order valence-corrected chi connectivity index (χ1v) is 5.10. The molecule has 0 saturated carbocycles. The molecule has 0 N–H and O–H groups in total. The van der Waals surface area contributed by atoms with Gasteiger partial charge in [0.15, 0.2) is 0 Å². The number of carbonyl (C=O) groups is 1. The zero-order valence-electron chi connectivity index (χ0n) is 7.47. The molecule has 0 bridgehead atoms. The molecular formula is C7H14O5S. The van der Waals surface area contributed by atoms with Gasteiger partial charge in [-0.1, -0.05) is 0 Å². The first kappa shape index (κ1) is 12.5. The van der Waals surface area contributed by atoms with Crippen molar-refractivity contribution in [2.24, 2.45) is 0 Å². The molecule has 0 aliphatic rings. The molecular weight excluding hydrogens is 196 g/mol. The monoisotopic (exact) mass is 210 g/mol. The zero-order chi connectivity index (χ0) is 10.1. The number of aldehydes is 1. The van der Waals surface area contributed by atoms with Crippen LogP contribution in [0.25, 0.3) is 0 Å². The molecule has 0 aromatic heterocycles. The van der Waals surface area contributed by atoms with Gasteiger partial charge < -0.3 is 9.53 Å². The lowest BCUT2D eigenvalue weighted by Gasteiger charge is -2.04. The molecule has 0 rings (SSSR count). The molecule has 0 aromatic rings. The molecule has 1 atom stereocenters. The minimum Gasteiger partial charge on any atom is -0.371 e. The third-order valence-electron chi connectivity index (χ3n) is 1.31. The van der Waals surface area contributed by atoms with E-state index < -0.39 is 17.1 Å². The van der Waals surface area contributed by atoms with E-state index in [0.29, 0.717) is 25.7 Å². The first-order chi connectivity index (χ1) is 6.16. The predicted octanol–water partition coefficient (Wildman–Crippen LogP) is -0.0864. The summed E-state index contributed by atoms with van der Waals surface area (Å²) in [6.07, 6.45) is 1.61. The van der Waals surface area contributed by atoms with Crippen LogP contribution in [0.2, 0.25) is 0 Å². The fourth-order valence-corrected chi connectivity index (χ4v) is 0.930. The average Bonchev–Trinajstić information content (AvgIpc) is 2.10. The Labute approximate surface area is 79.2 Å². The topological polar surface area (TPSA) is 69.7 Å². The summed E-state index contributed by atoms with van der Waals surface area (Å²) in [5, 5.41) is 0. The van der Waals surface area contributed by atoms with Crippen LogP contribution in [0.3, 0.4) is 0 Å². The van der Waals surface area contributed by atoms with Crippen molar-refractivity contribution in [3.63, 3.8) is 0 Å². The number of carbonyl (C=O) groups excluding carboxylic acids is 1. The summed E-state index contributed by atoms with van der Waals surface area (Å²) in [4.78, 5) is 10.1. The Hall–Kier alpha value is -0.460. The van der Waals surface area contributed by atoms with Gasteiger partial charge in [-0.15, -0.1) is 0 Å². The second-order valence-corrected chi connectivity index (χ2v) is 3.18. The van der Waals surface area contributed by atoms with Gasteiger partial charge in [0, 0.05) is 6.61 Å². The fourth-order valence-electron chi connectivity index (χ4n) is 0.652. The molecule has 0 aliphatic carbocycles. The van der Waals surface area contributed by atoms with E-state index in [4.69, 9.17) is 4.74 Å². The van der Waals surface area contributed by atoms with Crippen LogP contribution in [0.15, 0.2) is 0 Å². The molecule has 1 unspecified atom stereocenters. The number of hydrogen-bond donors (Lipinski definition) is 1. The van der Waals surface area contributed by atoms with Crippen LogP contribution in [0.4, 0.5) is 0 Å². The van der Waals surface area contributed by atoms with Crippen molar-refractivity contribution >= 4 is 17.3 Å². The Morgan fingerprint density at radius 2 is 1.92 bits per heavy atom. The molecule has 0 aromatic carbocycles. The van der Waals surface area contributed by atoms with Crippen LogP contribution in [0.5, 0.6) is 0 Å². The van der Waals surface area contributed by atoms with E-state index in [9.17, 15) is 13.2 Å². The van der Waals surface area contributed by atoms with Crippen LogP contribution in [-0.4, -0.2) is 34.0 Å². The van der Waals surface area contributed by atoms with Gasteiger partial charge in [0.05, 0.1) is 6.61 Å². The van der Waals surface area contributed by atoms with Crippen molar-refractivity contribution in [2.45, 2.75) is 25.9 Å². The minimum atomic E-state index is -2.73. The predicted molar refractivity (Wildman–Crippen MR) is 47.0 cm³/mol. The summed E-state index contributed by atoms with van der Waals surface area (Å²) in [5.74, 6) is 0. The van der Waals surface area contributed by atoms with Gasteiger partial charge in [0.2, 0.25) is 0 Å². The molecule has 6 heteroatoms. The van der Waals surface area contributed by atoms with Crippen molar-refractivity contribution in [1.29, 1.82) is 0 Å². The maximum atomic E-state index is 10.1. The van der Waals surface area contributed by atoms with E-state index in [0.717, 1.165) is 0 Å². The Kier molecular flexibility index (Phi) is 7.86. The van der Waals surface area contributed by atoms with E-state index in [1.807, 2.05) is 0 Å². The quantitative estimate of drug-likeness (QED) is 0.344. The van der Waals surface area contributed by atoms with E-state index in [1.165, 1.54) is 0 Å². The van der Waals surface area contributed by atoms with Gasteiger partial charge in [-0.2, -0.15) is 0 Å². The maximum Gasteiger partial charge on any atom is 0.257 e. The van der Waals surface area contributed by atoms with Gasteiger partial charge >= 0.3 is 0 Å². The molecule has 0 aliphatic heterocycles. The lowest BCUT2D eigenvalue weighted by atomic mass is 10.3. The highest BCUT2D eigenvalue weighted by atomic mass is 32.2. The van der Waals surface area contributed by atoms with Crippen LogP contribution in [-0.2, 0) is 24.7 Å². The van der Waals surface area contributed by atoms with Crippen molar-refractivity contribution in [3.8, 4) is 0 Å². The standard InChI is InChI=1S/C7H14O5S/c1-7(6-8)11-4-2-3-5-12-13(9)10/h6-7,13H,2-5H2,1H3. The highest BCUT2D eigenvalue weighted by molar-refractivity contribution is 7.67. The molecule has 0 amide bonds. The van der Waals surface area contributed by atoms with Crippen LogP contribution in [0, 0.1) is 0 Å². The molecule has 0 spiro atoms.